The monoisotopic (exact) mass is 247 g/mol. The van der Waals surface area contributed by atoms with Gasteiger partial charge in [-0.05, 0) is 42.7 Å². The first kappa shape index (κ1) is 12.7. The molecule has 0 radical (unpaired) electrons. The second kappa shape index (κ2) is 4.86. The molecule has 1 unspecified atom stereocenters. The van der Waals surface area contributed by atoms with Gasteiger partial charge >= 0.3 is 0 Å². The summed E-state index contributed by atoms with van der Waals surface area (Å²) in [5.74, 6) is -1.22. The average molecular weight is 247 g/mol. The van der Waals surface area contributed by atoms with Crippen molar-refractivity contribution in [2.45, 2.75) is 19.9 Å². The maximum atomic E-state index is 13.7. The van der Waals surface area contributed by atoms with Crippen LogP contribution in [0, 0.1) is 25.5 Å². The van der Waals surface area contributed by atoms with Crippen LogP contribution in [0.15, 0.2) is 36.4 Å². The van der Waals surface area contributed by atoms with Gasteiger partial charge in [-0.3, -0.25) is 0 Å². The molecule has 0 aliphatic rings. The van der Waals surface area contributed by atoms with Crippen LogP contribution < -0.4 is 5.73 Å². The molecule has 1 atom stereocenters. The quantitative estimate of drug-likeness (QED) is 0.861. The zero-order valence-corrected chi connectivity index (χ0v) is 10.4. The van der Waals surface area contributed by atoms with E-state index in [0.29, 0.717) is 0 Å². The van der Waals surface area contributed by atoms with Gasteiger partial charge in [0.2, 0.25) is 0 Å². The fourth-order valence-electron chi connectivity index (χ4n) is 2.07. The molecule has 0 heterocycles. The molecule has 18 heavy (non-hydrogen) atoms. The number of rotatable bonds is 2. The predicted octanol–water partition coefficient (Wildman–Crippen LogP) is 3.63. The molecule has 2 rings (SSSR count). The lowest BCUT2D eigenvalue weighted by molar-refractivity contribution is 0.543. The van der Waals surface area contributed by atoms with Crippen LogP contribution in [0.4, 0.5) is 8.78 Å². The Bertz CT molecular complexity index is 558. The molecule has 0 bridgehead atoms. The summed E-state index contributed by atoms with van der Waals surface area (Å²) in [6, 6.07) is 8.60. The third-order valence-electron chi connectivity index (χ3n) is 3.29. The van der Waals surface area contributed by atoms with Crippen LogP contribution in [0.25, 0.3) is 0 Å². The molecule has 0 spiro atoms. The smallest absolute Gasteiger partial charge is 0.131 e. The molecular formula is C15H15F2N. The molecule has 0 aliphatic carbocycles. The van der Waals surface area contributed by atoms with Crippen LogP contribution in [0.2, 0.25) is 0 Å². The van der Waals surface area contributed by atoms with Crippen LogP contribution in [-0.4, -0.2) is 0 Å². The molecule has 0 saturated heterocycles. The number of nitrogens with two attached hydrogens (primary N) is 1. The molecule has 0 aliphatic heterocycles. The molecule has 3 heteroatoms. The van der Waals surface area contributed by atoms with Crippen molar-refractivity contribution in [3.63, 3.8) is 0 Å². The zero-order valence-electron chi connectivity index (χ0n) is 10.4. The second-order valence-corrected chi connectivity index (χ2v) is 4.40. The van der Waals surface area contributed by atoms with Crippen molar-refractivity contribution in [3.05, 3.63) is 70.3 Å². The van der Waals surface area contributed by atoms with Crippen LogP contribution in [0.1, 0.15) is 28.3 Å². The van der Waals surface area contributed by atoms with E-state index in [0.717, 1.165) is 16.7 Å². The minimum atomic E-state index is -0.786. The molecule has 0 amide bonds. The van der Waals surface area contributed by atoms with Crippen molar-refractivity contribution < 1.29 is 8.78 Å². The lowest BCUT2D eigenvalue weighted by Gasteiger charge is -2.17. The minimum absolute atomic E-state index is 0.0776. The first-order valence-corrected chi connectivity index (χ1v) is 5.78. The number of benzene rings is 2. The van der Waals surface area contributed by atoms with Gasteiger partial charge in [0.15, 0.2) is 0 Å². The lowest BCUT2D eigenvalue weighted by atomic mass is 9.93. The fraction of sp³-hybridized carbons (Fsp3) is 0.200. The Morgan fingerprint density at radius 1 is 0.944 bits per heavy atom. The van der Waals surface area contributed by atoms with Gasteiger partial charge in [0.05, 0.1) is 6.04 Å². The fourth-order valence-corrected chi connectivity index (χ4v) is 2.07. The van der Waals surface area contributed by atoms with Crippen molar-refractivity contribution >= 4 is 0 Å². The van der Waals surface area contributed by atoms with Gasteiger partial charge in [-0.15, -0.1) is 0 Å². The summed E-state index contributed by atoms with van der Waals surface area (Å²) in [5, 5.41) is 0. The summed E-state index contributed by atoms with van der Waals surface area (Å²) in [5.41, 5.74) is 8.70. The van der Waals surface area contributed by atoms with Gasteiger partial charge < -0.3 is 5.73 Å². The Morgan fingerprint density at radius 3 is 2.11 bits per heavy atom. The van der Waals surface area contributed by atoms with Gasteiger partial charge in [0.25, 0.3) is 0 Å². The van der Waals surface area contributed by atoms with E-state index in [4.69, 9.17) is 5.73 Å². The Balaban J connectivity index is 2.55. The predicted molar refractivity (Wildman–Crippen MR) is 68.3 cm³/mol. The van der Waals surface area contributed by atoms with E-state index in [9.17, 15) is 8.78 Å². The highest BCUT2D eigenvalue weighted by molar-refractivity contribution is 5.41. The van der Waals surface area contributed by atoms with Gasteiger partial charge in [-0.1, -0.05) is 24.3 Å². The summed E-state index contributed by atoms with van der Waals surface area (Å²) >= 11 is 0. The Morgan fingerprint density at radius 2 is 1.50 bits per heavy atom. The van der Waals surface area contributed by atoms with Crippen molar-refractivity contribution in [2.75, 3.05) is 0 Å². The Hall–Kier alpha value is -1.74. The molecule has 2 N–H and O–H groups in total. The highest BCUT2D eigenvalue weighted by Gasteiger charge is 2.19. The van der Waals surface area contributed by atoms with Crippen molar-refractivity contribution in [2.24, 2.45) is 5.73 Å². The first-order valence-electron chi connectivity index (χ1n) is 5.78. The van der Waals surface area contributed by atoms with E-state index >= 15 is 0 Å². The SMILES string of the molecule is Cc1cccc(C(N)c2c(F)cccc2F)c1C. The largest absolute Gasteiger partial charge is 0.320 e. The second-order valence-electron chi connectivity index (χ2n) is 4.40. The van der Waals surface area contributed by atoms with Crippen LogP contribution in [0.3, 0.4) is 0 Å². The Kier molecular flexibility index (Phi) is 3.43. The number of hydrogen-bond donors (Lipinski definition) is 1. The number of hydrogen-bond acceptors (Lipinski definition) is 1. The van der Waals surface area contributed by atoms with Crippen LogP contribution in [-0.2, 0) is 0 Å². The zero-order chi connectivity index (χ0) is 13.3. The molecule has 94 valence electrons. The summed E-state index contributed by atoms with van der Waals surface area (Å²) in [6.07, 6.45) is 0. The lowest BCUT2D eigenvalue weighted by Crippen LogP contribution is -2.17. The van der Waals surface area contributed by atoms with E-state index in [1.54, 1.807) is 6.07 Å². The first-order chi connectivity index (χ1) is 8.52. The summed E-state index contributed by atoms with van der Waals surface area (Å²) in [7, 11) is 0. The van der Waals surface area contributed by atoms with E-state index in [1.807, 2.05) is 26.0 Å². The number of halogens is 2. The molecule has 0 aromatic heterocycles. The normalized spacial score (nSPS) is 12.5. The maximum Gasteiger partial charge on any atom is 0.131 e. The van der Waals surface area contributed by atoms with Crippen molar-refractivity contribution in [3.8, 4) is 0 Å². The van der Waals surface area contributed by atoms with Crippen molar-refractivity contribution in [1.82, 2.24) is 0 Å². The van der Waals surface area contributed by atoms with Gasteiger partial charge in [0.1, 0.15) is 11.6 Å². The van der Waals surface area contributed by atoms with E-state index in [-0.39, 0.29) is 5.56 Å². The van der Waals surface area contributed by atoms with Gasteiger partial charge in [-0.2, -0.15) is 0 Å². The van der Waals surface area contributed by atoms with Gasteiger partial charge in [0, 0.05) is 5.56 Å². The van der Waals surface area contributed by atoms with Gasteiger partial charge in [-0.25, -0.2) is 8.78 Å². The number of aryl methyl sites for hydroxylation is 1. The maximum absolute atomic E-state index is 13.7. The van der Waals surface area contributed by atoms with Crippen LogP contribution >= 0.6 is 0 Å². The molecule has 2 aromatic rings. The molecule has 0 saturated carbocycles. The summed E-state index contributed by atoms with van der Waals surface area (Å²) in [6.45, 7) is 3.85. The van der Waals surface area contributed by atoms with E-state index < -0.39 is 17.7 Å². The average Bonchev–Trinajstić information content (AvgIpc) is 2.32. The van der Waals surface area contributed by atoms with Crippen LogP contribution in [0.5, 0.6) is 0 Å². The minimum Gasteiger partial charge on any atom is -0.320 e. The van der Waals surface area contributed by atoms with E-state index in [1.165, 1.54) is 18.2 Å². The topological polar surface area (TPSA) is 26.0 Å². The van der Waals surface area contributed by atoms with Crippen molar-refractivity contribution in [1.29, 1.82) is 0 Å². The highest BCUT2D eigenvalue weighted by Crippen LogP contribution is 2.27. The molecule has 2 aromatic carbocycles. The van der Waals surface area contributed by atoms with E-state index in [2.05, 4.69) is 0 Å². The molecule has 1 nitrogen and oxygen atoms in total. The summed E-state index contributed by atoms with van der Waals surface area (Å²) in [4.78, 5) is 0. The highest BCUT2D eigenvalue weighted by atomic mass is 19.1. The molecule has 0 fully saturated rings. The third-order valence-corrected chi connectivity index (χ3v) is 3.29. The third kappa shape index (κ3) is 2.14. The summed E-state index contributed by atoms with van der Waals surface area (Å²) < 4.78 is 27.4. The molecular weight excluding hydrogens is 232 g/mol. The Labute approximate surface area is 105 Å². The standard InChI is InChI=1S/C15H15F2N/c1-9-5-3-6-11(10(9)2)15(18)14-12(16)7-4-8-13(14)17/h3-8,15H,18H2,1-2H3.